The number of hydrogen-bond donors (Lipinski definition) is 1. The van der Waals surface area contributed by atoms with E-state index in [0.29, 0.717) is 5.69 Å². The SMILES string of the molecule is COP(=O)(OC)C(Nc1ccc(I)cc1)P(=O)(OC)OC. The van der Waals surface area contributed by atoms with Crippen LogP contribution in [0.4, 0.5) is 5.69 Å². The van der Waals surface area contributed by atoms with E-state index in [-0.39, 0.29) is 0 Å². The third kappa shape index (κ3) is 4.51. The van der Waals surface area contributed by atoms with E-state index in [1.54, 1.807) is 12.1 Å². The minimum atomic E-state index is -3.75. The average Bonchev–Trinajstić information content (AvgIpc) is 2.52. The molecule has 0 heterocycles. The number of anilines is 1. The third-order valence-corrected chi connectivity index (χ3v) is 8.67. The van der Waals surface area contributed by atoms with Gasteiger partial charge in [0.05, 0.1) is 0 Å². The number of rotatable bonds is 8. The van der Waals surface area contributed by atoms with Crippen LogP contribution in [0.25, 0.3) is 0 Å². The molecular weight excluding hydrogens is 431 g/mol. The van der Waals surface area contributed by atoms with E-state index in [1.165, 1.54) is 28.4 Å². The van der Waals surface area contributed by atoms with Crippen molar-refractivity contribution in [2.75, 3.05) is 33.8 Å². The fraction of sp³-hybridized carbons (Fsp3) is 0.455. The molecule has 0 fully saturated rings. The predicted molar refractivity (Wildman–Crippen MR) is 89.8 cm³/mol. The maximum Gasteiger partial charge on any atom is 0.364 e. The molecule has 10 heteroatoms. The van der Waals surface area contributed by atoms with Crippen LogP contribution in [-0.2, 0) is 27.2 Å². The quantitative estimate of drug-likeness (QED) is 0.476. The zero-order valence-corrected chi connectivity index (χ0v) is 16.1. The van der Waals surface area contributed by atoms with Gasteiger partial charge in [-0.2, -0.15) is 0 Å². The van der Waals surface area contributed by atoms with Crippen LogP contribution in [0.2, 0.25) is 0 Å². The van der Waals surface area contributed by atoms with Crippen LogP contribution in [-0.4, -0.2) is 34.0 Å². The first-order valence-corrected chi connectivity index (χ1v) is 10.1. The fourth-order valence-electron chi connectivity index (χ4n) is 1.57. The lowest BCUT2D eigenvalue weighted by molar-refractivity contribution is 0.250. The van der Waals surface area contributed by atoms with Crippen molar-refractivity contribution >= 4 is 43.5 Å². The maximum absolute atomic E-state index is 12.6. The minimum absolute atomic E-state index is 0.587. The normalized spacial score (nSPS) is 12.7. The molecule has 0 spiro atoms. The Kier molecular flexibility index (Phi) is 7.33. The van der Waals surface area contributed by atoms with Crippen molar-refractivity contribution in [3.8, 4) is 0 Å². The van der Waals surface area contributed by atoms with Crippen LogP contribution < -0.4 is 5.32 Å². The lowest BCUT2D eigenvalue weighted by Crippen LogP contribution is -2.23. The first kappa shape index (κ1) is 19.1. The molecule has 0 atom stereocenters. The topological polar surface area (TPSA) is 83.1 Å². The van der Waals surface area contributed by atoms with E-state index >= 15 is 0 Å². The Hall–Kier alpha value is 0.0500. The zero-order valence-electron chi connectivity index (χ0n) is 12.1. The summed E-state index contributed by atoms with van der Waals surface area (Å²) in [5.41, 5.74) is -0.695. The molecule has 0 unspecified atom stereocenters. The molecule has 0 aliphatic rings. The first-order valence-electron chi connectivity index (χ1n) is 5.79. The summed E-state index contributed by atoms with van der Waals surface area (Å²) in [6.45, 7) is 0. The standard InChI is InChI=1S/C11H18INO6P2/c1-16-20(14,17-2)11(21(15,18-3)19-4)13-10-7-5-9(12)6-8-10/h5-8,11,13H,1-4H3. The van der Waals surface area contributed by atoms with Gasteiger partial charge < -0.3 is 23.4 Å². The molecule has 1 rings (SSSR count). The van der Waals surface area contributed by atoms with Crippen molar-refractivity contribution in [1.29, 1.82) is 0 Å². The Labute approximate surface area is 137 Å². The zero-order chi connectivity index (χ0) is 16.1. The molecule has 21 heavy (non-hydrogen) atoms. The highest BCUT2D eigenvalue weighted by atomic mass is 127. The van der Waals surface area contributed by atoms with Crippen LogP contribution in [0, 0.1) is 3.57 Å². The van der Waals surface area contributed by atoms with E-state index in [0.717, 1.165) is 3.57 Å². The van der Waals surface area contributed by atoms with Gasteiger partial charge in [-0.25, -0.2) is 0 Å². The second kappa shape index (κ2) is 8.06. The van der Waals surface area contributed by atoms with Crippen LogP contribution in [0.5, 0.6) is 0 Å². The van der Waals surface area contributed by atoms with Gasteiger partial charge >= 0.3 is 15.2 Å². The second-order valence-electron chi connectivity index (χ2n) is 3.83. The summed E-state index contributed by atoms with van der Waals surface area (Å²) in [7, 11) is -2.66. The molecular formula is C11H18INO6P2. The molecule has 1 N–H and O–H groups in total. The summed E-state index contributed by atoms with van der Waals surface area (Å²) in [6.07, 6.45) is 0. The van der Waals surface area contributed by atoms with Crippen molar-refractivity contribution in [2.45, 2.75) is 5.52 Å². The van der Waals surface area contributed by atoms with E-state index in [4.69, 9.17) is 18.1 Å². The molecule has 1 aromatic rings. The second-order valence-corrected chi connectivity index (χ2v) is 10.1. The molecule has 0 saturated heterocycles. The van der Waals surface area contributed by atoms with Gasteiger partial charge in [0.1, 0.15) is 0 Å². The minimum Gasteiger partial charge on any atom is -0.362 e. The molecule has 0 aliphatic heterocycles. The van der Waals surface area contributed by atoms with E-state index < -0.39 is 20.7 Å². The van der Waals surface area contributed by atoms with Gasteiger partial charge in [0.25, 0.3) is 0 Å². The van der Waals surface area contributed by atoms with Crippen LogP contribution in [0.1, 0.15) is 0 Å². The molecule has 0 aliphatic carbocycles. The summed E-state index contributed by atoms with van der Waals surface area (Å²) in [4.78, 5) is 0. The number of halogens is 1. The van der Waals surface area contributed by atoms with Crippen molar-refractivity contribution in [1.82, 2.24) is 0 Å². The Balaban J connectivity index is 3.22. The molecule has 0 bridgehead atoms. The Bertz CT molecular complexity index is 510. The van der Waals surface area contributed by atoms with Gasteiger partial charge in [-0.1, -0.05) is 0 Å². The highest BCUT2D eigenvalue weighted by molar-refractivity contribution is 14.1. The van der Waals surface area contributed by atoms with Crippen molar-refractivity contribution < 1.29 is 27.2 Å². The van der Waals surface area contributed by atoms with Gasteiger partial charge in [-0.05, 0) is 46.9 Å². The number of nitrogens with one attached hydrogen (secondary N) is 1. The smallest absolute Gasteiger partial charge is 0.362 e. The molecule has 0 radical (unpaired) electrons. The Morgan fingerprint density at radius 3 is 1.62 bits per heavy atom. The average molecular weight is 449 g/mol. The van der Waals surface area contributed by atoms with Crippen molar-refractivity contribution in [3.63, 3.8) is 0 Å². The highest BCUT2D eigenvalue weighted by Crippen LogP contribution is 2.68. The van der Waals surface area contributed by atoms with Gasteiger partial charge in [0.2, 0.25) is 5.52 Å². The summed E-state index contributed by atoms with van der Waals surface area (Å²) in [6, 6.07) is 7.18. The lowest BCUT2D eigenvalue weighted by atomic mass is 10.3. The molecule has 0 amide bonds. The van der Waals surface area contributed by atoms with Crippen LogP contribution >= 0.6 is 37.8 Å². The molecule has 120 valence electrons. The van der Waals surface area contributed by atoms with Gasteiger partial charge in [0.15, 0.2) is 0 Å². The van der Waals surface area contributed by atoms with E-state index in [1.807, 2.05) is 12.1 Å². The molecule has 7 nitrogen and oxygen atoms in total. The maximum atomic E-state index is 12.6. The van der Waals surface area contributed by atoms with Crippen molar-refractivity contribution in [2.24, 2.45) is 0 Å². The summed E-state index contributed by atoms with van der Waals surface area (Å²) >= 11 is 2.16. The van der Waals surface area contributed by atoms with E-state index in [2.05, 4.69) is 27.9 Å². The lowest BCUT2D eigenvalue weighted by Gasteiger charge is -2.30. The first-order chi connectivity index (χ1) is 9.85. The van der Waals surface area contributed by atoms with Crippen LogP contribution in [0.3, 0.4) is 0 Å². The molecule has 0 saturated carbocycles. The Morgan fingerprint density at radius 1 is 0.905 bits per heavy atom. The van der Waals surface area contributed by atoms with Crippen molar-refractivity contribution in [3.05, 3.63) is 27.8 Å². The third-order valence-electron chi connectivity index (χ3n) is 2.76. The van der Waals surface area contributed by atoms with Gasteiger partial charge in [-0.15, -0.1) is 0 Å². The Morgan fingerprint density at radius 2 is 1.29 bits per heavy atom. The fourth-order valence-corrected chi connectivity index (χ4v) is 6.16. The van der Waals surface area contributed by atoms with Gasteiger partial charge in [-0.3, -0.25) is 9.13 Å². The summed E-state index contributed by atoms with van der Waals surface area (Å²) < 4.78 is 46.0. The molecule has 0 aromatic heterocycles. The highest BCUT2D eigenvalue weighted by Gasteiger charge is 2.49. The molecule has 1 aromatic carbocycles. The van der Waals surface area contributed by atoms with E-state index in [9.17, 15) is 9.13 Å². The summed E-state index contributed by atoms with van der Waals surface area (Å²) in [5.74, 6) is 0. The largest absolute Gasteiger partial charge is 0.364 e. The van der Waals surface area contributed by atoms with Crippen LogP contribution in [0.15, 0.2) is 24.3 Å². The van der Waals surface area contributed by atoms with Gasteiger partial charge in [0, 0.05) is 37.7 Å². The number of hydrogen-bond acceptors (Lipinski definition) is 7. The summed E-state index contributed by atoms with van der Waals surface area (Å²) in [5, 5.41) is 2.86. The number of benzene rings is 1. The monoisotopic (exact) mass is 449 g/mol. The predicted octanol–water partition coefficient (Wildman–Crippen LogP) is 3.96.